The standard InChI is InChI=1S/C17H17Cl2NO3/c1-15(2)16(3)7-8-17(15,13(22)12(16)21)14(23)20-11-9(18)5-4-6-10(11)19/h4-6H,7-8H2,1-3H3,(H,20,23)/t16-,17-/m0/s1. The first-order chi connectivity index (χ1) is 10.6. The van der Waals surface area contributed by atoms with E-state index in [1.807, 2.05) is 13.8 Å². The molecule has 6 heteroatoms. The Balaban J connectivity index is 2.06. The smallest absolute Gasteiger partial charge is 0.239 e. The molecule has 2 aliphatic rings. The molecule has 2 bridgehead atoms. The molecule has 0 spiro atoms. The summed E-state index contributed by atoms with van der Waals surface area (Å²) in [5, 5.41) is 3.27. The van der Waals surface area contributed by atoms with Crippen molar-refractivity contribution in [1.82, 2.24) is 0 Å². The van der Waals surface area contributed by atoms with Crippen molar-refractivity contribution in [2.45, 2.75) is 33.6 Å². The van der Waals surface area contributed by atoms with Crippen molar-refractivity contribution in [2.75, 3.05) is 5.32 Å². The van der Waals surface area contributed by atoms with Gasteiger partial charge in [0.05, 0.1) is 15.7 Å². The molecule has 1 aromatic carbocycles. The van der Waals surface area contributed by atoms with Gasteiger partial charge in [0.1, 0.15) is 5.41 Å². The third-order valence-electron chi connectivity index (χ3n) is 6.13. The number of carbonyl (C=O) groups is 3. The molecule has 4 nitrogen and oxygen atoms in total. The van der Waals surface area contributed by atoms with Crippen LogP contribution in [0.2, 0.25) is 10.0 Å². The number of ketones is 2. The highest BCUT2D eigenvalue weighted by Gasteiger charge is 2.77. The lowest BCUT2D eigenvalue weighted by atomic mass is 9.64. The van der Waals surface area contributed by atoms with Crippen LogP contribution in [-0.4, -0.2) is 17.5 Å². The quantitative estimate of drug-likeness (QED) is 0.647. The van der Waals surface area contributed by atoms with Crippen LogP contribution in [0.3, 0.4) is 0 Å². The average Bonchev–Trinajstić information content (AvgIpc) is 2.75. The van der Waals surface area contributed by atoms with Crippen molar-refractivity contribution >= 4 is 46.4 Å². The van der Waals surface area contributed by atoms with Crippen molar-refractivity contribution < 1.29 is 14.4 Å². The van der Waals surface area contributed by atoms with Gasteiger partial charge in [0.15, 0.2) is 0 Å². The molecule has 2 atom stereocenters. The summed E-state index contributed by atoms with van der Waals surface area (Å²) in [6, 6.07) is 4.87. The summed E-state index contributed by atoms with van der Waals surface area (Å²) >= 11 is 12.2. The van der Waals surface area contributed by atoms with E-state index in [-0.39, 0.29) is 15.7 Å². The molecule has 1 aromatic rings. The van der Waals surface area contributed by atoms with E-state index in [4.69, 9.17) is 23.2 Å². The van der Waals surface area contributed by atoms with Gasteiger partial charge in [-0.15, -0.1) is 0 Å². The zero-order valence-corrected chi connectivity index (χ0v) is 14.6. The second-order valence-corrected chi connectivity index (χ2v) is 7.89. The van der Waals surface area contributed by atoms with E-state index < -0.39 is 33.7 Å². The summed E-state index contributed by atoms with van der Waals surface area (Å²) in [6.07, 6.45) is 0.878. The molecule has 0 aliphatic heterocycles. The molecule has 2 fully saturated rings. The van der Waals surface area contributed by atoms with Crippen LogP contribution in [0.25, 0.3) is 0 Å². The Hall–Kier alpha value is -1.39. The Morgan fingerprint density at radius 2 is 1.61 bits per heavy atom. The molecular formula is C17H17Cl2NO3. The van der Waals surface area contributed by atoms with Gasteiger partial charge in [-0.1, -0.05) is 50.0 Å². The van der Waals surface area contributed by atoms with Crippen molar-refractivity contribution in [3.05, 3.63) is 28.2 Å². The second kappa shape index (κ2) is 4.81. The van der Waals surface area contributed by atoms with Gasteiger partial charge < -0.3 is 5.32 Å². The molecule has 23 heavy (non-hydrogen) atoms. The maximum Gasteiger partial charge on any atom is 0.239 e. The third-order valence-corrected chi connectivity index (χ3v) is 6.76. The number of benzene rings is 1. The molecule has 3 rings (SSSR count). The minimum Gasteiger partial charge on any atom is -0.323 e. The maximum atomic E-state index is 13.0. The van der Waals surface area contributed by atoms with Crippen molar-refractivity contribution in [2.24, 2.45) is 16.2 Å². The molecule has 0 saturated heterocycles. The van der Waals surface area contributed by atoms with Gasteiger partial charge in [-0.2, -0.15) is 0 Å². The van der Waals surface area contributed by atoms with E-state index in [0.29, 0.717) is 12.8 Å². The molecule has 0 heterocycles. The molecule has 2 aliphatic carbocycles. The van der Waals surface area contributed by atoms with Gasteiger partial charge in [-0.3, -0.25) is 14.4 Å². The summed E-state index contributed by atoms with van der Waals surface area (Å²) in [4.78, 5) is 38.1. The lowest BCUT2D eigenvalue weighted by molar-refractivity contribution is -0.147. The summed E-state index contributed by atoms with van der Waals surface area (Å²) < 4.78 is 0. The van der Waals surface area contributed by atoms with Crippen molar-refractivity contribution in [1.29, 1.82) is 0 Å². The van der Waals surface area contributed by atoms with E-state index in [9.17, 15) is 14.4 Å². The highest BCUT2D eigenvalue weighted by atomic mass is 35.5. The second-order valence-electron chi connectivity index (χ2n) is 7.07. The number of hydrogen-bond donors (Lipinski definition) is 1. The van der Waals surface area contributed by atoms with Crippen LogP contribution in [-0.2, 0) is 14.4 Å². The van der Waals surface area contributed by atoms with Crippen LogP contribution in [0.4, 0.5) is 5.69 Å². The lowest BCUT2D eigenvalue weighted by Gasteiger charge is -2.37. The number of anilines is 1. The van der Waals surface area contributed by atoms with Gasteiger partial charge in [0.2, 0.25) is 17.5 Å². The third kappa shape index (κ3) is 1.76. The fourth-order valence-electron chi connectivity index (χ4n) is 4.11. The summed E-state index contributed by atoms with van der Waals surface area (Å²) in [5.41, 5.74) is -2.65. The molecule has 0 unspecified atom stereocenters. The summed E-state index contributed by atoms with van der Waals surface area (Å²) in [5.74, 6) is -1.55. The number of carbonyl (C=O) groups excluding carboxylic acids is 3. The predicted octanol–water partition coefficient (Wildman–Crippen LogP) is 3.90. The molecule has 0 radical (unpaired) electrons. The van der Waals surface area contributed by atoms with Crippen LogP contribution in [0.1, 0.15) is 33.6 Å². The number of Topliss-reactive ketones (excluding diaryl/α,β-unsaturated/α-hetero) is 2. The van der Waals surface area contributed by atoms with Crippen LogP contribution in [0.15, 0.2) is 18.2 Å². The molecule has 1 N–H and O–H groups in total. The normalized spacial score (nSPS) is 31.5. The molecule has 2 saturated carbocycles. The number of amides is 1. The topological polar surface area (TPSA) is 63.2 Å². The van der Waals surface area contributed by atoms with E-state index >= 15 is 0 Å². The van der Waals surface area contributed by atoms with Gasteiger partial charge in [0.25, 0.3) is 0 Å². The Kier molecular flexibility index (Phi) is 3.44. The minimum atomic E-state index is -1.36. The van der Waals surface area contributed by atoms with Gasteiger partial charge in [-0.25, -0.2) is 0 Å². The predicted molar refractivity (Wildman–Crippen MR) is 88.7 cm³/mol. The fraction of sp³-hybridized carbons (Fsp3) is 0.471. The van der Waals surface area contributed by atoms with Gasteiger partial charge >= 0.3 is 0 Å². The lowest BCUT2D eigenvalue weighted by Crippen LogP contribution is -2.47. The first-order valence-electron chi connectivity index (χ1n) is 7.44. The molecule has 0 aromatic heterocycles. The Morgan fingerprint density at radius 3 is 2.09 bits per heavy atom. The van der Waals surface area contributed by atoms with Gasteiger partial charge in [-0.05, 0) is 30.4 Å². The first kappa shape index (κ1) is 16.5. The monoisotopic (exact) mass is 353 g/mol. The Bertz CT molecular complexity index is 738. The number of para-hydroxylation sites is 1. The van der Waals surface area contributed by atoms with Crippen LogP contribution >= 0.6 is 23.2 Å². The zero-order chi connectivity index (χ0) is 17.2. The molecule has 1 amide bonds. The van der Waals surface area contributed by atoms with Crippen molar-refractivity contribution in [3.8, 4) is 0 Å². The Morgan fingerprint density at radius 1 is 1.04 bits per heavy atom. The van der Waals surface area contributed by atoms with Crippen molar-refractivity contribution in [3.63, 3.8) is 0 Å². The van der Waals surface area contributed by atoms with Crippen LogP contribution < -0.4 is 5.32 Å². The zero-order valence-electron chi connectivity index (χ0n) is 13.1. The SMILES string of the molecule is CC1(C)[C@@]2(C(=O)Nc3c(Cl)cccc3Cl)CC[C@@]1(C)C(=O)C2=O. The Labute approximate surface area is 144 Å². The molecule has 122 valence electrons. The molecular weight excluding hydrogens is 337 g/mol. The number of rotatable bonds is 2. The van der Waals surface area contributed by atoms with Crippen LogP contribution in [0.5, 0.6) is 0 Å². The fourth-order valence-corrected chi connectivity index (χ4v) is 4.60. The highest BCUT2D eigenvalue weighted by molar-refractivity contribution is 6.49. The van der Waals surface area contributed by atoms with Crippen LogP contribution in [0, 0.1) is 16.2 Å². The number of hydrogen-bond acceptors (Lipinski definition) is 3. The number of nitrogens with one attached hydrogen (secondary N) is 1. The van der Waals surface area contributed by atoms with E-state index in [1.165, 1.54) is 0 Å². The minimum absolute atomic E-state index is 0.270. The number of fused-ring (bicyclic) bond motifs is 2. The summed E-state index contributed by atoms with van der Waals surface area (Å²) in [7, 11) is 0. The maximum absolute atomic E-state index is 13.0. The van der Waals surface area contributed by atoms with E-state index in [1.54, 1.807) is 25.1 Å². The average molecular weight is 354 g/mol. The van der Waals surface area contributed by atoms with E-state index in [2.05, 4.69) is 5.32 Å². The summed E-state index contributed by atoms with van der Waals surface area (Å²) in [6.45, 7) is 5.41. The number of halogens is 2. The first-order valence-corrected chi connectivity index (χ1v) is 8.20. The van der Waals surface area contributed by atoms with Gasteiger partial charge in [0, 0.05) is 5.41 Å². The van der Waals surface area contributed by atoms with E-state index in [0.717, 1.165) is 0 Å². The highest BCUT2D eigenvalue weighted by Crippen LogP contribution is 2.69. The largest absolute Gasteiger partial charge is 0.323 e.